The number of hydrogen-bond acceptors (Lipinski definition) is 4. The van der Waals surface area contributed by atoms with E-state index in [4.69, 9.17) is 9.47 Å². The van der Waals surface area contributed by atoms with E-state index in [0.717, 1.165) is 17.7 Å². The van der Waals surface area contributed by atoms with Crippen molar-refractivity contribution < 1.29 is 27.8 Å². The van der Waals surface area contributed by atoms with Gasteiger partial charge in [0.1, 0.15) is 17.4 Å². The third-order valence-electron chi connectivity index (χ3n) is 3.74. The molecule has 2 aromatic rings. The van der Waals surface area contributed by atoms with Gasteiger partial charge in [-0.2, -0.15) is 0 Å². The number of hydrogen-bond donors (Lipinski definition) is 1. The van der Waals surface area contributed by atoms with Crippen LogP contribution >= 0.6 is 0 Å². The molecule has 0 aliphatic carbocycles. The summed E-state index contributed by atoms with van der Waals surface area (Å²) in [6.07, 6.45) is -0.660. The Hall–Kier alpha value is -2.96. The van der Waals surface area contributed by atoms with Gasteiger partial charge in [0.2, 0.25) is 0 Å². The zero-order valence-corrected chi connectivity index (χ0v) is 15.1. The third kappa shape index (κ3) is 6.06. The summed E-state index contributed by atoms with van der Waals surface area (Å²) in [5.41, 5.74) is 0.678. The highest BCUT2D eigenvalue weighted by Gasteiger charge is 2.19. The first-order valence-electron chi connectivity index (χ1n) is 8.56. The summed E-state index contributed by atoms with van der Waals surface area (Å²) in [5.74, 6) is -2.23. The maximum atomic E-state index is 13.6. The van der Waals surface area contributed by atoms with Crippen molar-refractivity contribution in [2.24, 2.45) is 0 Å². The van der Waals surface area contributed by atoms with Crippen LogP contribution in [-0.4, -0.2) is 24.6 Å². The maximum absolute atomic E-state index is 13.6. The van der Waals surface area contributed by atoms with Gasteiger partial charge in [0, 0.05) is 12.5 Å². The first kappa shape index (κ1) is 20.4. The Kier molecular flexibility index (Phi) is 7.28. The van der Waals surface area contributed by atoms with Crippen molar-refractivity contribution in [1.29, 1.82) is 0 Å². The molecule has 2 rings (SSSR count). The average molecular weight is 377 g/mol. The number of aryl methyl sites for hydroxylation is 1. The summed E-state index contributed by atoms with van der Waals surface area (Å²) < 4.78 is 37.0. The lowest BCUT2D eigenvalue weighted by Gasteiger charge is -2.14. The van der Waals surface area contributed by atoms with E-state index in [9.17, 15) is 18.4 Å². The van der Waals surface area contributed by atoms with E-state index in [2.05, 4.69) is 5.32 Å². The number of anilines is 1. The zero-order valence-electron chi connectivity index (χ0n) is 15.1. The molecule has 1 amide bonds. The van der Waals surface area contributed by atoms with Crippen molar-refractivity contribution in [3.8, 4) is 5.75 Å². The Labute approximate surface area is 156 Å². The summed E-state index contributed by atoms with van der Waals surface area (Å²) >= 11 is 0. The number of rotatable bonds is 8. The maximum Gasteiger partial charge on any atom is 0.306 e. The van der Waals surface area contributed by atoms with Crippen molar-refractivity contribution in [2.45, 2.75) is 32.8 Å². The Morgan fingerprint density at radius 2 is 1.89 bits per heavy atom. The molecule has 0 bridgehead atoms. The standard InChI is InChI=1S/C20H21F2NO4/c1-3-26-18-7-5-4-6-14(18)8-11-19(24)27-13(2)20(25)23-17-10-9-15(21)12-16(17)22/h4-7,9-10,12-13H,3,8,11H2,1-2H3,(H,23,25)/t13-/m1/s1. The van der Waals surface area contributed by atoms with Crippen LogP contribution in [0.25, 0.3) is 0 Å². The Morgan fingerprint density at radius 1 is 1.15 bits per heavy atom. The number of esters is 1. The highest BCUT2D eigenvalue weighted by atomic mass is 19.1. The van der Waals surface area contributed by atoms with Gasteiger partial charge in [0.05, 0.1) is 12.3 Å². The molecule has 0 saturated heterocycles. The van der Waals surface area contributed by atoms with Gasteiger partial charge in [-0.3, -0.25) is 9.59 Å². The first-order valence-corrected chi connectivity index (χ1v) is 8.56. The molecule has 0 heterocycles. The molecular weight excluding hydrogens is 356 g/mol. The minimum atomic E-state index is -1.12. The number of carbonyl (C=O) groups excluding carboxylic acids is 2. The first-order chi connectivity index (χ1) is 12.9. The van der Waals surface area contributed by atoms with E-state index in [0.29, 0.717) is 24.8 Å². The number of halogens is 2. The molecule has 0 aromatic heterocycles. The molecule has 144 valence electrons. The fraction of sp³-hybridized carbons (Fsp3) is 0.300. The van der Waals surface area contributed by atoms with Crippen LogP contribution in [0.15, 0.2) is 42.5 Å². The van der Waals surface area contributed by atoms with Crippen molar-refractivity contribution in [3.05, 3.63) is 59.7 Å². The van der Waals surface area contributed by atoms with Gasteiger partial charge in [0.15, 0.2) is 6.10 Å². The van der Waals surface area contributed by atoms with Crippen LogP contribution in [0, 0.1) is 11.6 Å². The van der Waals surface area contributed by atoms with Crippen molar-refractivity contribution >= 4 is 17.6 Å². The highest BCUT2D eigenvalue weighted by Crippen LogP contribution is 2.20. The molecule has 0 spiro atoms. The Bertz CT molecular complexity index is 810. The number of benzene rings is 2. The van der Waals surface area contributed by atoms with E-state index in [1.165, 1.54) is 6.92 Å². The average Bonchev–Trinajstić information content (AvgIpc) is 2.63. The number of carbonyl (C=O) groups is 2. The lowest BCUT2D eigenvalue weighted by Crippen LogP contribution is -2.30. The normalized spacial score (nSPS) is 11.6. The summed E-state index contributed by atoms with van der Waals surface area (Å²) in [5, 5.41) is 2.26. The van der Waals surface area contributed by atoms with Crippen LogP contribution in [0.3, 0.4) is 0 Å². The smallest absolute Gasteiger partial charge is 0.306 e. The molecule has 0 unspecified atom stereocenters. The second kappa shape index (κ2) is 9.66. The topological polar surface area (TPSA) is 64.6 Å². The highest BCUT2D eigenvalue weighted by molar-refractivity contribution is 5.95. The summed E-state index contributed by atoms with van der Waals surface area (Å²) in [6.45, 7) is 3.76. The lowest BCUT2D eigenvalue weighted by molar-refractivity contribution is -0.153. The van der Waals surface area contributed by atoms with Crippen molar-refractivity contribution in [1.82, 2.24) is 0 Å². The number of ether oxygens (including phenoxy) is 2. The second-order valence-corrected chi connectivity index (χ2v) is 5.79. The van der Waals surface area contributed by atoms with Crippen LogP contribution < -0.4 is 10.1 Å². The zero-order chi connectivity index (χ0) is 19.8. The number of para-hydroxylation sites is 1. The Balaban J connectivity index is 1.87. The predicted octanol–water partition coefficient (Wildman–Crippen LogP) is 3.87. The minimum Gasteiger partial charge on any atom is -0.494 e. The second-order valence-electron chi connectivity index (χ2n) is 5.79. The van der Waals surface area contributed by atoms with E-state index in [1.807, 2.05) is 31.2 Å². The molecule has 7 heteroatoms. The van der Waals surface area contributed by atoms with Crippen LogP contribution in [0.4, 0.5) is 14.5 Å². The van der Waals surface area contributed by atoms with E-state index in [-0.39, 0.29) is 12.1 Å². The van der Waals surface area contributed by atoms with Crippen LogP contribution in [0.5, 0.6) is 5.75 Å². The quantitative estimate of drug-likeness (QED) is 0.710. The number of nitrogens with one attached hydrogen (secondary N) is 1. The molecule has 0 saturated carbocycles. The molecular formula is C20H21F2NO4. The van der Waals surface area contributed by atoms with E-state index in [1.54, 1.807) is 0 Å². The summed E-state index contributed by atoms with van der Waals surface area (Å²) in [7, 11) is 0. The molecule has 5 nitrogen and oxygen atoms in total. The summed E-state index contributed by atoms with van der Waals surface area (Å²) in [6, 6.07) is 10.1. The molecule has 27 heavy (non-hydrogen) atoms. The molecule has 0 radical (unpaired) electrons. The van der Waals surface area contributed by atoms with Crippen molar-refractivity contribution in [3.63, 3.8) is 0 Å². The molecule has 2 aromatic carbocycles. The SMILES string of the molecule is CCOc1ccccc1CCC(=O)O[C@H](C)C(=O)Nc1ccc(F)cc1F. The van der Waals surface area contributed by atoms with Gasteiger partial charge < -0.3 is 14.8 Å². The van der Waals surface area contributed by atoms with Crippen LogP contribution in [0.2, 0.25) is 0 Å². The van der Waals surface area contributed by atoms with Crippen molar-refractivity contribution in [2.75, 3.05) is 11.9 Å². The monoisotopic (exact) mass is 377 g/mol. The molecule has 1 atom stereocenters. The molecule has 0 aliphatic heterocycles. The fourth-order valence-electron chi connectivity index (χ4n) is 2.38. The largest absolute Gasteiger partial charge is 0.494 e. The van der Waals surface area contributed by atoms with Gasteiger partial charge in [-0.15, -0.1) is 0 Å². The predicted molar refractivity (Wildman–Crippen MR) is 96.5 cm³/mol. The lowest BCUT2D eigenvalue weighted by atomic mass is 10.1. The van der Waals surface area contributed by atoms with Gasteiger partial charge in [-0.05, 0) is 44.0 Å². The van der Waals surface area contributed by atoms with Gasteiger partial charge in [-0.1, -0.05) is 18.2 Å². The number of amides is 1. The van der Waals surface area contributed by atoms with Gasteiger partial charge in [-0.25, -0.2) is 8.78 Å². The minimum absolute atomic E-state index is 0.0621. The van der Waals surface area contributed by atoms with Crippen LogP contribution in [0.1, 0.15) is 25.8 Å². The van der Waals surface area contributed by atoms with E-state index < -0.39 is 29.6 Å². The molecule has 1 N–H and O–H groups in total. The Morgan fingerprint density at radius 3 is 2.59 bits per heavy atom. The summed E-state index contributed by atoms with van der Waals surface area (Å²) in [4.78, 5) is 24.0. The van der Waals surface area contributed by atoms with Crippen LogP contribution in [-0.2, 0) is 20.7 Å². The molecule has 0 aliphatic rings. The van der Waals surface area contributed by atoms with E-state index >= 15 is 0 Å². The van der Waals surface area contributed by atoms with Gasteiger partial charge in [0.25, 0.3) is 5.91 Å². The fourth-order valence-corrected chi connectivity index (χ4v) is 2.38. The molecule has 0 fully saturated rings. The van der Waals surface area contributed by atoms with Gasteiger partial charge >= 0.3 is 5.97 Å². The third-order valence-corrected chi connectivity index (χ3v) is 3.74.